The summed E-state index contributed by atoms with van der Waals surface area (Å²) >= 11 is 1.63. The van der Waals surface area contributed by atoms with Crippen molar-refractivity contribution in [3.63, 3.8) is 0 Å². The number of thiazole rings is 1. The van der Waals surface area contributed by atoms with Gasteiger partial charge in [0.05, 0.1) is 11.6 Å². The molecule has 0 amide bonds. The molecule has 3 nitrogen and oxygen atoms in total. The molecular weight excluding hydrogens is 232 g/mol. The zero-order chi connectivity index (χ0) is 12.1. The zero-order valence-corrected chi connectivity index (χ0v) is 10.6. The van der Waals surface area contributed by atoms with E-state index in [0.29, 0.717) is 0 Å². The minimum Gasteiger partial charge on any atom is -0.375 e. The quantitative estimate of drug-likeness (QED) is 0.884. The van der Waals surface area contributed by atoms with E-state index in [-0.39, 0.29) is 12.1 Å². The summed E-state index contributed by atoms with van der Waals surface area (Å²) in [6.45, 7) is 0. The third-order valence-electron chi connectivity index (χ3n) is 2.69. The summed E-state index contributed by atoms with van der Waals surface area (Å²) in [7, 11) is 1.70. The van der Waals surface area contributed by atoms with Crippen LogP contribution < -0.4 is 5.73 Å². The fourth-order valence-corrected chi connectivity index (χ4v) is 2.55. The number of nitrogens with two attached hydrogens (primary N) is 1. The molecule has 4 heteroatoms. The van der Waals surface area contributed by atoms with Gasteiger partial charge in [-0.05, 0) is 5.56 Å². The van der Waals surface area contributed by atoms with Crippen molar-refractivity contribution in [2.75, 3.05) is 7.11 Å². The van der Waals surface area contributed by atoms with Gasteiger partial charge in [0.15, 0.2) is 0 Å². The fourth-order valence-electron chi connectivity index (χ4n) is 1.88. The molecule has 1 heterocycles. The predicted octanol–water partition coefficient (Wildman–Crippen LogP) is 2.40. The van der Waals surface area contributed by atoms with E-state index in [9.17, 15) is 0 Å². The maximum Gasteiger partial charge on any atom is 0.0975 e. The molecule has 0 radical (unpaired) electrons. The van der Waals surface area contributed by atoms with Crippen molar-refractivity contribution in [3.8, 4) is 0 Å². The van der Waals surface area contributed by atoms with Gasteiger partial charge in [0.25, 0.3) is 0 Å². The van der Waals surface area contributed by atoms with Gasteiger partial charge in [0.1, 0.15) is 0 Å². The van der Waals surface area contributed by atoms with Crippen molar-refractivity contribution in [1.29, 1.82) is 0 Å². The molecule has 0 aliphatic rings. The highest BCUT2D eigenvalue weighted by Crippen LogP contribution is 2.22. The Morgan fingerprint density at radius 2 is 2.12 bits per heavy atom. The van der Waals surface area contributed by atoms with Crippen molar-refractivity contribution >= 4 is 11.3 Å². The van der Waals surface area contributed by atoms with E-state index in [2.05, 4.69) is 4.98 Å². The lowest BCUT2D eigenvalue weighted by Crippen LogP contribution is -2.31. The van der Waals surface area contributed by atoms with Gasteiger partial charge < -0.3 is 10.5 Å². The second-order valence-electron chi connectivity index (χ2n) is 3.90. The second kappa shape index (κ2) is 5.91. The van der Waals surface area contributed by atoms with Crippen LogP contribution in [0.5, 0.6) is 0 Å². The lowest BCUT2D eigenvalue weighted by molar-refractivity contribution is 0.0805. The summed E-state index contributed by atoms with van der Waals surface area (Å²) in [6, 6.07) is 10.0. The van der Waals surface area contributed by atoms with E-state index >= 15 is 0 Å². The van der Waals surface area contributed by atoms with Gasteiger partial charge in [-0.2, -0.15) is 0 Å². The summed E-state index contributed by atoms with van der Waals surface area (Å²) in [5.41, 5.74) is 9.15. The summed E-state index contributed by atoms with van der Waals surface area (Å²) in [6.07, 6.45) is 2.58. The van der Waals surface area contributed by atoms with E-state index in [0.717, 1.165) is 12.0 Å². The van der Waals surface area contributed by atoms with Crippen LogP contribution in [0, 0.1) is 0 Å². The average Bonchev–Trinajstić information content (AvgIpc) is 2.84. The summed E-state index contributed by atoms with van der Waals surface area (Å²) in [5, 5.41) is 0. The predicted molar refractivity (Wildman–Crippen MR) is 70.0 cm³/mol. The number of hydrogen-bond acceptors (Lipinski definition) is 4. The van der Waals surface area contributed by atoms with E-state index in [1.165, 1.54) is 4.88 Å². The summed E-state index contributed by atoms with van der Waals surface area (Å²) in [4.78, 5) is 5.25. The van der Waals surface area contributed by atoms with E-state index in [4.69, 9.17) is 10.5 Å². The highest BCUT2D eigenvalue weighted by atomic mass is 32.1. The third-order valence-corrected chi connectivity index (χ3v) is 3.49. The number of aromatic nitrogens is 1. The van der Waals surface area contributed by atoms with Crippen molar-refractivity contribution in [1.82, 2.24) is 4.98 Å². The highest BCUT2D eigenvalue weighted by molar-refractivity contribution is 7.09. The van der Waals surface area contributed by atoms with Crippen LogP contribution in [0.15, 0.2) is 42.0 Å². The first-order chi connectivity index (χ1) is 8.31. The lowest BCUT2D eigenvalue weighted by Gasteiger charge is -2.22. The zero-order valence-electron chi connectivity index (χ0n) is 9.74. The molecule has 17 heavy (non-hydrogen) atoms. The minimum atomic E-state index is -0.0710. The number of methoxy groups -OCH3 is 1. The van der Waals surface area contributed by atoms with Crippen LogP contribution in [0.3, 0.4) is 0 Å². The molecule has 0 spiro atoms. The molecule has 90 valence electrons. The molecule has 0 saturated carbocycles. The molecule has 0 bridgehead atoms. The van der Waals surface area contributed by atoms with Crippen LogP contribution in [0.4, 0.5) is 0 Å². The molecule has 1 aromatic carbocycles. The molecule has 0 saturated heterocycles. The highest BCUT2D eigenvalue weighted by Gasteiger charge is 2.19. The largest absolute Gasteiger partial charge is 0.375 e. The standard InChI is InChI=1S/C13H16N2OS/c1-16-13(10-5-3-2-4-6-10)12(14)7-11-8-15-9-17-11/h2-6,8-9,12-13H,7,14H2,1H3. The van der Waals surface area contributed by atoms with Crippen LogP contribution in [0.1, 0.15) is 16.5 Å². The Balaban J connectivity index is 2.08. The van der Waals surface area contributed by atoms with Gasteiger partial charge in [-0.25, -0.2) is 0 Å². The molecule has 2 N–H and O–H groups in total. The fraction of sp³-hybridized carbons (Fsp3) is 0.308. The van der Waals surface area contributed by atoms with Crippen LogP contribution >= 0.6 is 11.3 Å². The monoisotopic (exact) mass is 248 g/mol. The van der Waals surface area contributed by atoms with Gasteiger partial charge in [0.2, 0.25) is 0 Å². The normalized spacial score (nSPS) is 14.5. The van der Waals surface area contributed by atoms with Crippen LogP contribution in [0.25, 0.3) is 0 Å². The molecule has 0 aliphatic heterocycles. The van der Waals surface area contributed by atoms with Crippen molar-refractivity contribution in [2.45, 2.75) is 18.6 Å². The molecule has 0 aliphatic carbocycles. The smallest absolute Gasteiger partial charge is 0.0975 e. The second-order valence-corrected chi connectivity index (χ2v) is 4.87. The Kier molecular flexibility index (Phi) is 4.25. The summed E-state index contributed by atoms with van der Waals surface area (Å²) < 4.78 is 5.51. The SMILES string of the molecule is COC(c1ccccc1)C(N)Cc1cncs1. The van der Waals surface area contributed by atoms with E-state index < -0.39 is 0 Å². The molecule has 2 aromatic rings. The first kappa shape index (κ1) is 12.2. The first-order valence-electron chi connectivity index (χ1n) is 5.52. The van der Waals surface area contributed by atoms with Gasteiger partial charge in [-0.3, -0.25) is 4.98 Å². The van der Waals surface area contributed by atoms with Crippen molar-refractivity contribution in [2.24, 2.45) is 5.73 Å². The van der Waals surface area contributed by atoms with Crippen molar-refractivity contribution < 1.29 is 4.74 Å². The Labute approximate surface area is 105 Å². The Bertz CT molecular complexity index is 430. The molecule has 2 atom stereocenters. The van der Waals surface area contributed by atoms with Gasteiger partial charge in [-0.15, -0.1) is 11.3 Å². The number of benzene rings is 1. The number of ether oxygens (including phenoxy) is 1. The van der Waals surface area contributed by atoms with E-state index in [1.54, 1.807) is 18.4 Å². The Hall–Kier alpha value is -1.23. The Morgan fingerprint density at radius 3 is 2.71 bits per heavy atom. The molecule has 2 rings (SSSR count). The minimum absolute atomic E-state index is 0.0529. The topological polar surface area (TPSA) is 48.1 Å². The van der Waals surface area contributed by atoms with Gasteiger partial charge >= 0.3 is 0 Å². The van der Waals surface area contributed by atoms with Gasteiger partial charge in [0, 0.05) is 30.6 Å². The molecular formula is C13H16N2OS. The average molecular weight is 248 g/mol. The maximum atomic E-state index is 6.21. The maximum absolute atomic E-state index is 6.21. The lowest BCUT2D eigenvalue weighted by atomic mass is 10.00. The van der Waals surface area contributed by atoms with Crippen LogP contribution in [-0.2, 0) is 11.2 Å². The molecule has 1 aromatic heterocycles. The van der Waals surface area contributed by atoms with Gasteiger partial charge in [-0.1, -0.05) is 30.3 Å². The third kappa shape index (κ3) is 3.12. The molecule has 2 unspecified atom stereocenters. The van der Waals surface area contributed by atoms with Crippen LogP contribution in [0.2, 0.25) is 0 Å². The Morgan fingerprint density at radius 1 is 1.35 bits per heavy atom. The molecule has 0 fully saturated rings. The van der Waals surface area contributed by atoms with Crippen molar-refractivity contribution in [3.05, 3.63) is 52.5 Å². The number of hydrogen-bond donors (Lipinski definition) is 1. The number of rotatable bonds is 5. The number of nitrogens with zero attached hydrogens (tertiary/aromatic N) is 1. The van der Waals surface area contributed by atoms with E-state index in [1.807, 2.05) is 42.0 Å². The summed E-state index contributed by atoms with van der Waals surface area (Å²) in [5.74, 6) is 0. The van der Waals surface area contributed by atoms with Crippen LogP contribution in [-0.4, -0.2) is 18.1 Å². The first-order valence-corrected chi connectivity index (χ1v) is 6.40.